The first-order valence-corrected chi connectivity index (χ1v) is 5.15. The Bertz CT molecular complexity index is 615. The first-order valence-electron chi connectivity index (χ1n) is 5.15. The minimum Gasteiger partial charge on any atom is -0.429 e. The summed E-state index contributed by atoms with van der Waals surface area (Å²) in [5, 5.41) is 8.64. The minimum atomic E-state index is -0.553. The molecule has 0 unspecified atom stereocenters. The number of carbonyl (C=O) groups excluding carboxylic acids is 1. The highest BCUT2D eigenvalue weighted by Gasteiger charge is 2.04. The Labute approximate surface area is 103 Å². The van der Waals surface area contributed by atoms with Crippen molar-refractivity contribution in [1.29, 1.82) is 5.26 Å². The summed E-state index contributed by atoms with van der Waals surface area (Å²) in [7, 11) is 0. The van der Waals surface area contributed by atoms with Crippen LogP contribution in [0.3, 0.4) is 0 Å². The van der Waals surface area contributed by atoms with Crippen LogP contribution in [0.25, 0.3) is 11.1 Å². The molecule has 0 fully saturated rings. The van der Waals surface area contributed by atoms with E-state index in [2.05, 4.69) is 4.74 Å². The van der Waals surface area contributed by atoms with E-state index in [1.54, 1.807) is 36.4 Å². The Morgan fingerprint density at radius 2 is 1.78 bits per heavy atom. The number of halogens is 1. The average molecular weight is 241 g/mol. The number of nitriles is 1. The minimum absolute atomic E-state index is 0.0136. The van der Waals surface area contributed by atoms with Gasteiger partial charge in [-0.3, -0.25) is 4.79 Å². The summed E-state index contributed by atoms with van der Waals surface area (Å²) in [6.07, 6.45) is 0. The van der Waals surface area contributed by atoms with Crippen molar-refractivity contribution in [3.8, 4) is 22.9 Å². The number of carbonyl (C=O) groups is 1. The lowest BCUT2D eigenvalue weighted by molar-refractivity contribution is -0.120. The molecule has 0 aromatic heterocycles. The van der Waals surface area contributed by atoms with Crippen molar-refractivity contribution in [3.63, 3.8) is 0 Å². The van der Waals surface area contributed by atoms with Gasteiger partial charge in [0.05, 0.1) is 5.56 Å². The van der Waals surface area contributed by atoms with Crippen LogP contribution in [0.2, 0.25) is 0 Å². The number of rotatable bonds is 3. The Kier molecular flexibility index (Phi) is 3.35. The van der Waals surface area contributed by atoms with Gasteiger partial charge in [-0.25, -0.2) is 4.39 Å². The van der Waals surface area contributed by atoms with Crippen molar-refractivity contribution in [2.45, 2.75) is 0 Å². The molecule has 0 saturated heterocycles. The fourth-order valence-corrected chi connectivity index (χ4v) is 1.57. The van der Waals surface area contributed by atoms with Crippen LogP contribution in [0.5, 0.6) is 5.75 Å². The quantitative estimate of drug-likeness (QED) is 0.776. The second-order valence-corrected chi connectivity index (χ2v) is 3.54. The molecule has 0 amide bonds. The van der Waals surface area contributed by atoms with Crippen LogP contribution in [0.15, 0.2) is 42.5 Å². The van der Waals surface area contributed by atoms with Gasteiger partial charge in [-0.2, -0.15) is 5.26 Å². The molecule has 0 aliphatic heterocycles. The van der Waals surface area contributed by atoms with Crippen molar-refractivity contribution < 1.29 is 13.9 Å². The number of hydrogen-bond donors (Lipinski definition) is 0. The largest absolute Gasteiger partial charge is 0.429 e. The van der Waals surface area contributed by atoms with E-state index < -0.39 is 5.82 Å². The number of nitrogens with zero attached hydrogens (tertiary/aromatic N) is 1. The Hall–Kier alpha value is -2.67. The second-order valence-electron chi connectivity index (χ2n) is 3.54. The summed E-state index contributed by atoms with van der Waals surface area (Å²) in [5.74, 6) is -0.133. The third-order valence-electron chi connectivity index (χ3n) is 2.46. The Balaban J connectivity index is 2.34. The van der Waals surface area contributed by atoms with Crippen molar-refractivity contribution in [2.24, 2.45) is 0 Å². The van der Waals surface area contributed by atoms with E-state index in [0.29, 0.717) is 17.8 Å². The van der Waals surface area contributed by atoms with Crippen LogP contribution in [0.4, 0.5) is 4.39 Å². The van der Waals surface area contributed by atoms with Gasteiger partial charge >= 0.3 is 0 Å². The van der Waals surface area contributed by atoms with Gasteiger partial charge < -0.3 is 4.74 Å². The molecule has 0 N–H and O–H groups in total. The summed E-state index contributed by atoms with van der Waals surface area (Å²) in [4.78, 5) is 10.1. The van der Waals surface area contributed by atoms with E-state index in [1.165, 1.54) is 12.1 Å². The van der Waals surface area contributed by atoms with Crippen LogP contribution < -0.4 is 4.74 Å². The summed E-state index contributed by atoms with van der Waals surface area (Å²) in [5.41, 5.74) is 1.44. The van der Waals surface area contributed by atoms with Crippen molar-refractivity contribution in [3.05, 3.63) is 53.8 Å². The van der Waals surface area contributed by atoms with E-state index >= 15 is 0 Å². The van der Waals surface area contributed by atoms with Gasteiger partial charge in [0.25, 0.3) is 6.47 Å². The van der Waals surface area contributed by atoms with E-state index in [9.17, 15) is 9.18 Å². The molecule has 0 atom stereocenters. The number of ether oxygens (including phenoxy) is 1. The predicted octanol–water partition coefficient (Wildman–Crippen LogP) is 2.90. The normalized spacial score (nSPS) is 9.56. The molecule has 2 aromatic rings. The van der Waals surface area contributed by atoms with Crippen LogP contribution in [-0.4, -0.2) is 6.47 Å². The average Bonchev–Trinajstić information content (AvgIpc) is 2.40. The molecule has 0 saturated carbocycles. The maximum atomic E-state index is 13.4. The van der Waals surface area contributed by atoms with Gasteiger partial charge in [-0.05, 0) is 35.4 Å². The summed E-state index contributed by atoms with van der Waals surface area (Å²) in [6.45, 7) is 0.344. The monoisotopic (exact) mass is 241 g/mol. The highest BCUT2D eigenvalue weighted by atomic mass is 19.1. The molecule has 0 spiro atoms. The molecule has 0 aliphatic carbocycles. The third-order valence-corrected chi connectivity index (χ3v) is 2.46. The van der Waals surface area contributed by atoms with Crippen LogP contribution >= 0.6 is 0 Å². The smallest absolute Gasteiger partial charge is 0.298 e. The fourth-order valence-electron chi connectivity index (χ4n) is 1.57. The maximum absolute atomic E-state index is 13.4. The molecule has 0 bridgehead atoms. The molecule has 0 aliphatic rings. The molecular formula is C14H8FNO2. The third kappa shape index (κ3) is 2.36. The van der Waals surface area contributed by atoms with Crippen LogP contribution in [0, 0.1) is 17.1 Å². The highest BCUT2D eigenvalue weighted by molar-refractivity contribution is 5.65. The molecule has 0 heterocycles. The lowest BCUT2D eigenvalue weighted by Crippen LogP contribution is -1.88. The van der Waals surface area contributed by atoms with Gasteiger partial charge in [0.2, 0.25) is 0 Å². The van der Waals surface area contributed by atoms with Crippen molar-refractivity contribution >= 4 is 6.47 Å². The van der Waals surface area contributed by atoms with Gasteiger partial charge in [-0.1, -0.05) is 18.2 Å². The van der Waals surface area contributed by atoms with E-state index in [4.69, 9.17) is 5.26 Å². The van der Waals surface area contributed by atoms with E-state index in [-0.39, 0.29) is 5.56 Å². The topological polar surface area (TPSA) is 50.1 Å². The second kappa shape index (κ2) is 5.11. The summed E-state index contributed by atoms with van der Waals surface area (Å²) >= 11 is 0. The van der Waals surface area contributed by atoms with Crippen molar-refractivity contribution in [1.82, 2.24) is 0 Å². The van der Waals surface area contributed by atoms with Crippen LogP contribution in [-0.2, 0) is 4.79 Å². The van der Waals surface area contributed by atoms with E-state index in [0.717, 1.165) is 5.56 Å². The molecule has 0 radical (unpaired) electrons. The molecule has 4 heteroatoms. The highest BCUT2D eigenvalue weighted by Crippen LogP contribution is 2.24. The Morgan fingerprint density at radius 1 is 1.11 bits per heavy atom. The SMILES string of the molecule is N#Cc1ccc(-c2ccc(OC=O)cc2)cc1F. The molecule has 3 nitrogen and oxygen atoms in total. The first-order chi connectivity index (χ1) is 8.74. The van der Waals surface area contributed by atoms with Crippen molar-refractivity contribution in [2.75, 3.05) is 0 Å². The van der Waals surface area contributed by atoms with Gasteiger partial charge in [0, 0.05) is 0 Å². The van der Waals surface area contributed by atoms with Gasteiger partial charge in [0.1, 0.15) is 17.6 Å². The fraction of sp³-hybridized carbons (Fsp3) is 0. The van der Waals surface area contributed by atoms with Gasteiger partial charge in [0.15, 0.2) is 0 Å². The number of hydrogen-bond acceptors (Lipinski definition) is 3. The molecule has 88 valence electrons. The predicted molar refractivity (Wildman–Crippen MR) is 63.2 cm³/mol. The zero-order chi connectivity index (χ0) is 13.0. The maximum Gasteiger partial charge on any atom is 0.298 e. The lowest BCUT2D eigenvalue weighted by Gasteiger charge is -2.04. The molecule has 18 heavy (non-hydrogen) atoms. The lowest BCUT2D eigenvalue weighted by atomic mass is 10.0. The Morgan fingerprint density at radius 3 is 2.33 bits per heavy atom. The van der Waals surface area contributed by atoms with Gasteiger partial charge in [-0.15, -0.1) is 0 Å². The summed E-state index contributed by atoms with van der Waals surface area (Å²) < 4.78 is 18.1. The zero-order valence-corrected chi connectivity index (χ0v) is 9.26. The first kappa shape index (κ1) is 11.8. The standard InChI is InChI=1S/C14H8FNO2/c15-14-7-11(1-2-12(14)8-16)10-3-5-13(6-4-10)18-9-17/h1-7,9H. The van der Waals surface area contributed by atoms with Crippen LogP contribution in [0.1, 0.15) is 5.56 Å². The summed E-state index contributed by atoms with van der Waals surface area (Å²) in [6, 6.07) is 12.8. The number of benzene rings is 2. The zero-order valence-electron chi connectivity index (χ0n) is 9.26. The van der Waals surface area contributed by atoms with E-state index in [1.807, 2.05) is 0 Å². The molecule has 2 rings (SSSR count). The molecular weight excluding hydrogens is 233 g/mol. The molecule has 2 aromatic carbocycles.